The van der Waals surface area contributed by atoms with E-state index in [9.17, 15) is 0 Å². The molecule has 0 radical (unpaired) electrons. The molecule has 3 rings (SSSR count). The van der Waals surface area contributed by atoms with Crippen LogP contribution in [0.3, 0.4) is 0 Å². The van der Waals surface area contributed by atoms with Crippen LogP contribution in [0, 0.1) is 0 Å². The zero-order chi connectivity index (χ0) is 13.9. The first-order valence-corrected chi connectivity index (χ1v) is 8.27. The van der Waals surface area contributed by atoms with E-state index >= 15 is 0 Å². The minimum absolute atomic E-state index is 0.932. The van der Waals surface area contributed by atoms with Gasteiger partial charge in [-0.25, -0.2) is 4.98 Å². The molecule has 0 saturated carbocycles. The fourth-order valence-electron chi connectivity index (χ4n) is 2.12. The van der Waals surface area contributed by atoms with Crippen molar-refractivity contribution in [1.82, 2.24) is 4.98 Å². The molecule has 0 unspecified atom stereocenters. The zero-order valence-electron chi connectivity index (χ0n) is 11.2. The molecule has 1 heterocycles. The molecule has 0 spiro atoms. The van der Waals surface area contributed by atoms with Crippen molar-refractivity contribution < 1.29 is 0 Å². The van der Waals surface area contributed by atoms with E-state index in [4.69, 9.17) is 0 Å². The van der Waals surface area contributed by atoms with Crippen molar-refractivity contribution in [2.45, 2.75) is 19.8 Å². The smallest absolute Gasteiger partial charge is 0.188 e. The third kappa shape index (κ3) is 3.02. The SMILES string of the molecule is CCCc1ccc(Nc2nc3cc(Br)ccc3s2)cc1. The number of benzene rings is 2. The van der Waals surface area contributed by atoms with E-state index in [0.717, 1.165) is 27.2 Å². The van der Waals surface area contributed by atoms with E-state index in [1.54, 1.807) is 11.3 Å². The minimum atomic E-state index is 0.932. The Morgan fingerprint density at radius 1 is 1.15 bits per heavy atom. The van der Waals surface area contributed by atoms with Crippen LogP contribution in [0.2, 0.25) is 0 Å². The number of hydrogen-bond acceptors (Lipinski definition) is 3. The second kappa shape index (κ2) is 5.94. The third-order valence-corrected chi connectivity index (χ3v) is 4.54. The molecule has 0 aliphatic heterocycles. The van der Waals surface area contributed by atoms with E-state index in [1.807, 2.05) is 12.1 Å². The van der Waals surface area contributed by atoms with Crippen molar-refractivity contribution in [1.29, 1.82) is 0 Å². The highest BCUT2D eigenvalue weighted by atomic mass is 79.9. The molecule has 4 heteroatoms. The van der Waals surface area contributed by atoms with Gasteiger partial charge in [0.05, 0.1) is 10.2 Å². The Labute approximate surface area is 131 Å². The maximum absolute atomic E-state index is 4.61. The van der Waals surface area contributed by atoms with Crippen LogP contribution >= 0.6 is 27.3 Å². The van der Waals surface area contributed by atoms with Crippen LogP contribution in [0.1, 0.15) is 18.9 Å². The van der Waals surface area contributed by atoms with Gasteiger partial charge in [0.2, 0.25) is 0 Å². The van der Waals surface area contributed by atoms with Crippen molar-refractivity contribution in [2.24, 2.45) is 0 Å². The Balaban J connectivity index is 1.81. The van der Waals surface area contributed by atoms with Gasteiger partial charge in [0.1, 0.15) is 0 Å². The summed E-state index contributed by atoms with van der Waals surface area (Å²) >= 11 is 5.15. The number of nitrogens with one attached hydrogen (secondary N) is 1. The van der Waals surface area contributed by atoms with Gasteiger partial charge in [-0.3, -0.25) is 0 Å². The van der Waals surface area contributed by atoms with Crippen LogP contribution in [0.25, 0.3) is 10.2 Å². The van der Waals surface area contributed by atoms with Crippen LogP contribution in [-0.4, -0.2) is 4.98 Å². The molecule has 20 heavy (non-hydrogen) atoms. The first-order valence-electron chi connectivity index (χ1n) is 6.66. The summed E-state index contributed by atoms with van der Waals surface area (Å²) in [5.41, 5.74) is 3.49. The topological polar surface area (TPSA) is 24.9 Å². The lowest BCUT2D eigenvalue weighted by Gasteiger charge is -2.03. The monoisotopic (exact) mass is 346 g/mol. The molecule has 0 atom stereocenters. The number of halogens is 1. The van der Waals surface area contributed by atoms with Gasteiger partial charge < -0.3 is 5.32 Å². The molecular weight excluding hydrogens is 332 g/mol. The summed E-state index contributed by atoms with van der Waals surface area (Å²) in [5, 5.41) is 4.31. The molecule has 0 fully saturated rings. The van der Waals surface area contributed by atoms with Crippen LogP contribution in [0.4, 0.5) is 10.8 Å². The summed E-state index contributed by atoms with van der Waals surface area (Å²) in [4.78, 5) is 4.61. The van der Waals surface area contributed by atoms with Crippen molar-refractivity contribution >= 4 is 48.3 Å². The average molecular weight is 347 g/mol. The fraction of sp³-hybridized carbons (Fsp3) is 0.188. The lowest BCUT2D eigenvalue weighted by molar-refractivity contribution is 0.922. The molecule has 0 bridgehead atoms. The first-order chi connectivity index (χ1) is 9.74. The number of thiazole rings is 1. The van der Waals surface area contributed by atoms with Gasteiger partial charge in [0.15, 0.2) is 5.13 Å². The largest absolute Gasteiger partial charge is 0.332 e. The molecule has 102 valence electrons. The van der Waals surface area contributed by atoms with E-state index in [0.29, 0.717) is 0 Å². The highest BCUT2D eigenvalue weighted by Gasteiger charge is 2.04. The number of aryl methyl sites for hydroxylation is 1. The molecule has 0 amide bonds. The molecule has 1 N–H and O–H groups in total. The first kappa shape index (κ1) is 13.6. The highest BCUT2D eigenvalue weighted by Crippen LogP contribution is 2.30. The summed E-state index contributed by atoms with van der Waals surface area (Å²) in [7, 11) is 0. The van der Waals surface area contributed by atoms with Gasteiger partial charge in [-0.15, -0.1) is 0 Å². The van der Waals surface area contributed by atoms with E-state index in [1.165, 1.54) is 16.7 Å². The van der Waals surface area contributed by atoms with Gasteiger partial charge >= 0.3 is 0 Å². The summed E-state index contributed by atoms with van der Waals surface area (Å²) in [5.74, 6) is 0. The predicted molar refractivity (Wildman–Crippen MR) is 91.0 cm³/mol. The molecule has 0 saturated heterocycles. The van der Waals surface area contributed by atoms with Gasteiger partial charge in [-0.2, -0.15) is 0 Å². The molecule has 2 aromatic carbocycles. The van der Waals surface area contributed by atoms with Crippen molar-refractivity contribution in [3.63, 3.8) is 0 Å². The van der Waals surface area contributed by atoms with Crippen molar-refractivity contribution in [2.75, 3.05) is 5.32 Å². The number of fused-ring (bicyclic) bond motifs is 1. The summed E-state index contributed by atoms with van der Waals surface area (Å²) in [6, 6.07) is 14.8. The van der Waals surface area contributed by atoms with E-state index < -0.39 is 0 Å². The molecule has 2 nitrogen and oxygen atoms in total. The quantitative estimate of drug-likeness (QED) is 0.649. The van der Waals surface area contributed by atoms with Crippen LogP contribution in [-0.2, 0) is 6.42 Å². The fourth-order valence-corrected chi connectivity index (χ4v) is 3.34. The number of rotatable bonds is 4. The second-order valence-corrected chi connectivity index (χ2v) is 6.65. The van der Waals surface area contributed by atoms with Crippen molar-refractivity contribution in [3.05, 3.63) is 52.5 Å². The summed E-state index contributed by atoms with van der Waals surface area (Å²) < 4.78 is 2.25. The molecule has 0 aliphatic carbocycles. The third-order valence-electron chi connectivity index (χ3n) is 3.09. The summed E-state index contributed by atoms with van der Waals surface area (Å²) in [6.07, 6.45) is 2.31. The Morgan fingerprint density at radius 2 is 1.95 bits per heavy atom. The van der Waals surface area contributed by atoms with Crippen LogP contribution in [0.15, 0.2) is 46.9 Å². The van der Waals surface area contributed by atoms with Crippen LogP contribution < -0.4 is 5.32 Å². The molecule has 0 aliphatic rings. The molecular formula is C16H15BrN2S. The Hall–Kier alpha value is -1.39. The molecule has 3 aromatic rings. The maximum atomic E-state index is 4.61. The number of aromatic nitrogens is 1. The lowest BCUT2D eigenvalue weighted by Crippen LogP contribution is -1.90. The second-order valence-electron chi connectivity index (χ2n) is 4.70. The predicted octanol–water partition coefficient (Wildman–Crippen LogP) is 5.75. The average Bonchev–Trinajstić information content (AvgIpc) is 2.82. The van der Waals surface area contributed by atoms with Gasteiger partial charge in [0, 0.05) is 10.2 Å². The Morgan fingerprint density at radius 3 is 2.70 bits per heavy atom. The number of anilines is 2. The number of hydrogen-bond donors (Lipinski definition) is 1. The standard InChI is InChI=1S/C16H15BrN2S/c1-2-3-11-4-7-13(8-5-11)18-16-19-14-10-12(17)6-9-15(14)20-16/h4-10H,2-3H2,1H3,(H,18,19). The maximum Gasteiger partial charge on any atom is 0.188 e. The zero-order valence-corrected chi connectivity index (χ0v) is 13.6. The van der Waals surface area contributed by atoms with Gasteiger partial charge in [-0.05, 0) is 42.3 Å². The van der Waals surface area contributed by atoms with E-state index in [2.05, 4.69) is 63.5 Å². The highest BCUT2D eigenvalue weighted by molar-refractivity contribution is 9.10. The van der Waals surface area contributed by atoms with Crippen molar-refractivity contribution in [3.8, 4) is 0 Å². The Bertz CT molecular complexity index is 719. The number of nitrogens with zero attached hydrogens (tertiary/aromatic N) is 1. The Kier molecular flexibility index (Phi) is 4.03. The van der Waals surface area contributed by atoms with Crippen LogP contribution in [0.5, 0.6) is 0 Å². The van der Waals surface area contributed by atoms with E-state index in [-0.39, 0.29) is 0 Å². The van der Waals surface area contributed by atoms with Gasteiger partial charge in [-0.1, -0.05) is 52.7 Å². The normalized spacial score (nSPS) is 10.9. The van der Waals surface area contributed by atoms with Gasteiger partial charge in [0.25, 0.3) is 0 Å². The summed E-state index contributed by atoms with van der Waals surface area (Å²) in [6.45, 7) is 2.20. The molecule has 1 aromatic heterocycles. The minimum Gasteiger partial charge on any atom is -0.332 e. The lowest BCUT2D eigenvalue weighted by atomic mass is 10.1.